The van der Waals surface area contributed by atoms with E-state index in [-0.39, 0.29) is 5.91 Å². The van der Waals surface area contributed by atoms with Crippen molar-refractivity contribution < 1.29 is 4.79 Å². The van der Waals surface area contributed by atoms with Crippen LogP contribution < -0.4 is 10.2 Å². The van der Waals surface area contributed by atoms with Crippen LogP contribution in [0.1, 0.15) is 44.0 Å². The molecule has 5 nitrogen and oxygen atoms in total. The number of hydrogen-bond acceptors (Lipinski definition) is 5. The normalized spacial score (nSPS) is 17.7. The van der Waals surface area contributed by atoms with E-state index in [1.807, 2.05) is 74.4 Å². The summed E-state index contributed by atoms with van der Waals surface area (Å²) in [7, 11) is 3.99. The largest absolute Gasteiger partial charge is 0.362 e. The van der Waals surface area contributed by atoms with Crippen molar-refractivity contribution in [3.8, 4) is 0 Å². The van der Waals surface area contributed by atoms with E-state index in [1.54, 1.807) is 0 Å². The maximum atomic E-state index is 11.9. The van der Waals surface area contributed by atoms with E-state index < -0.39 is 0 Å². The van der Waals surface area contributed by atoms with E-state index in [1.165, 1.54) is 25.7 Å². The molecule has 1 saturated carbocycles. The fraction of sp³-hybridized carbons (Fsp3) is 0.444. The highest BCUT2D eigenvalue weighted by Crippen LogP contribution is 2.27. The van der Waals surface area contributed by atoms with Gasteiger partial charge < -0.3 is 10.2 Å². The molecular weight excluding hydrogens is 428 g/mol. The van der Waals surface area contributed by atoms with Gasteiger partial charge in [-0.3, -0.25) is 4.79 Å². The number of carbonyl (C=O) groups excluding carboxylic acids is 1. The van der Waals surface area contributed by atoms with Gasteiger partial charge in [-0.1, -0.05) is 44.0 Å². The first kappa shape index (κ1) is 25.0. The van der Waals surface area contributed by atoms with Gasteiger partial charge in [0.25, 0.3) is 0 Å². The van der Waals surface area contributed by atoms with E-state index in [2.05, 4.69) is 34.8 Å². The predicted octanol–water partition coefficient (Wildman–Crippen LogP) is 5.46. The lowest BCUT2D eigenvalue weighted by Gasteiger charge is -2.26. The van der Waals surface area contributed by atoms with Crippen LogP contribution >= 0.6 is 12.6 Å². The molecule has 176 valence electrons. The Balaban J connectivity index is 0.000000194. The summed E-state index contributed by atoms with van der Waals surface area (Å²) >= 11 is 4.24. The number of amides is 1. The molecule has 0 saturated heterocycles. The van der Waals surface area contributed by atoms with Crippen molar-refractivity contribution in [2.75, 3.05) is 25.5 Å². The molecule has 33 heavy (non-hydrogen) atoms. The lowest BCUT2D eigenvalue weighted by molar-refractivity contribution is -0.120. The van der Waals surface area contributed by atoms with Crippen LogP contribution in [0.5, 0.6) is 0 Å². The molecule has 0 unspecified atom stereocenters. The minimum atomic E-state index is 0.130. The third-order valence-corrected chi connectivity index (χ3v) is 6.44. The van der Waals surface area contributed by atoms with Crippen LogP contribution in [0, 0.1) is 18.8 Å². The number of aryl methyl sites for hydroxylation is 1. The summed E-state index contributed by atoms with van der Waals surface area (Å²) in [5.74, 6) is 3.47. The second-order valence-corrected chi connectivity index (χ2v) is 9.80. The van der Waals surface area contributed by atoms with Crippen LogP contribution in [0.3, 0.4) is 0 Å². The van der Waals surface area contributed by atoms with Gasteiger partial charge >= 0.3 is 0 Å². The summed E-state index contributed by atoms with van der Waals surface area (Å²) in [6.45, 7) is 5.08. The quantitative estimate of drug-likeness (QED) is 0.492. The number of benzene rings is 2. The molecule has 1 aliphatic rings. The van der Waals surface area contributed by atoms with Crippen LogP contribution in [0.15, 0.2) is 53.4 Å². The Morgan fingerprint density at radius 1 is 1.03 bits per heavy atom. The van der Waals surface area contributed by atoms with Crippen molar-refractivity contribution in [3.63, 3.8) is 0 Å². The standard InChI is InChI=1S/C16H23NOS.C11H13N3/c1-12-2-4-14(5-3-12)11-17-16(18)10-13-6-8-15(19)9-7-13;1-8-12-10-7-5-4-6-9(10)11(13-8)14(2)3/h6-9,12,14,19H,2-5,10-11H2,1H3,(H,17,18);4-7H,1-3H3. The van der Waals surface area contributed by atoms with Gasteiger partial charge in [0.05, 0.1) is 11.9 Å². The third kappa shape index (κ3) is 7.74. The molecule has 0 radical (unpaired) electrons. The lowest BCUT2D eigenvalue weighted by atomic mass is 9.83. The van der Waals surface area contributed by atoms with Crippen LogP contribution in [0.2, 0.25) is 0 Å². The van der Waals surface area contributed by atoms with Gasteiger partial charge in [0.2, 0.25) is 5.91 Å². The van der Waals surface area contributed by atoms with Crippen molar-refractivity contribution in [1.29, 1.82) is 0 Å². The average Bonchev–Trinajstić information content (AvgIpc) is 2.80. The number of nitrogens with zero attached hydrogens (tertiary/aromatic N) is 3. The molecule has 1 N–H and O–H groups in total. The van der Waals surface area contributed by atoms with E-state index in [9.17, 15) is 4.79 Å². The summed E-state index contributed by atoms with van der Waals surface area (Å²) in [6, 6.07) is 15.8. The van der Waals surface area contributed by atoms with Crippen LogP contribution in [-0.4, -0.2) is 36.5 Å². The van der Waals surface area contributed by atoms with Gasteiger partial charge in [-0.05, 0) is 61.4 Å². The van der Waals surface area contributed by atoms with Crippen molar-refractivity contribution in [2.24, 2.45) is 11.8 Å². The van der Waals surface area contributed by atoms with E-state index in [0.717, 1.165) is 45.5 Å². The van der Waals surface area contributed by atoms with Crippen LogP contribution in [0.25, 0.3) is 10.9 Å². The van der Waals surface area contributed by atoms with Gasteiger partial charge in [0.1, 0.15) is 11.6 Å². The average molecular weight is 465 g/mol. The Hall–Kier alpha value is -2.60. The highest BCUT2D eigenvalue weighted by Gasteiger charge is 2.18. The van der Waals surface area contributed by atoms with Crippen LogP contribution in [0.4, 0.5) is 5.82 Å². The fourth-order valence-electron chi connectivity index (χ4n) is 4.17. The summed E-state index contributed by atoms with van der Waals surface area (Å²) in [5, 5.41) is 4.17. The number of fused-ring (bicyclic) bond motifs is 1. The third-order valence-electron chi connectivity index (χ3n) is 6.14. The smallest absolute Gasteiger partial charge is 0.224 e. The predicted molar refractivity (Wildman–Crippen MR) is 140 cm³/mol. The van der Waals surface area contributed by atoms with Gasteiger partial charge in [-0.2, -0.15) is 0 Å². The Kier molecular flexibility index (Phi) is 9.12. The fourth-order valence-corrected chi connectivity index (χ4v) is 4.32. The molecule has 4 rings (SSSR count). The van der Waals surface area contributed by atoms with E-state index >= 15 is 0 Å². The lowest BCUT2D eigenvalue weighted by Crippen LogP contribution is -2.32. The van der Waals surface area contributed by atoms with Crippen molar-refractivity contribution in [1.82, 2.24) is 15.3 Å². The second kappa shape index (κ2) is 12.0. The van der Waals surface area contributed by atoms with Gasteiger partial charge in [-0.15, -0.1) is 12.6 Å². The Morgan fingerprint density at radius 3 is 2.36 bits per heavy atom. The zero-order valence-corrected chi connectivity index (χ0v) is 21.1. The van der Waals surface area contributed by atoms with Gasteiger partial charge in [0.15, 0.2) is 0 Å². The highest BCUT2D eigenvalue weighted by atomic mass is 32.1. The number of anilines is 1. The molecule has 6 heteroatoms. The summed E-state index contributed by atoms with van der Waals surface area (Å²) in [4.78, 5) is 23.6. The molecule has 0 bridgehead atoms. The number of thiol groups is 1. The second-order valence-electron chi connectivity index (χ2n) is 9.28. The SMILES string of the molecule is CC1CCC(CNC(=O)Cc2ccc(S)cc2)CC1.Cc1nc(N(C)C)c2ccccc2n1. The van der Waals surface area contributed by atoms with Crippen molar-refractivity contribution in [3.05, 3.63) is 59.9 Å². The molecule has 0 atom stereocenters. The Morgan fingerprint density at radius 2 is 1.70 bits per heavy atom. The minimum Gasteiger partial charge on any atom is -0.362 e. The van der Waals surface area contributed by atoms with Crippen molar-refractivity contribution >= 4 is 35.3 Å². The van der Waals surface area contributed by atoms with E-state index in [4.69, 9.17) is 0 Å². The topological polar surface area (TPSA) is 58.1 Å². The van der Waals surface area contributed by atoms with Gasteiger partial charge in [-0.25, -0.2) is 9.97 Å². The molecule has 1 fully saturated rings. The van der Waals surface area contributed by atoms with E-state index in [0.29, 0.717) is 12.3 Å². The molecule has 2 aromatic carbocycles. The first-order chi connectivity index (χ1) is 15.8. The summed E-state index contributed by atoms with van der Waals surface area (Å²) in [5.41, 5.74) is 2.05. The monoisotopic (exact) mass is 464 g/mol. The number of carbonyl (C=O) groups is 1. The Bertz CT molecular complexity index is 1040. The molecule has 1 aromatic heterocycles. The van der Waals surface area contributed by atoms with Crippen molar-refractivity contribution in [2.45, 2.75) is 50.8 Å². The zero-order valence-electron chi connectivity index (χ0n) is 20.2. The number of aromatic nitrogens is 2. The molecule has 0 aliphatic heterocycles. The molecule has 3 aromatic rings. The number of hydrogen-bond donors (Lipinski definition) is 2. The zero-order chi connectivity index (χ0) is 23.8. The number of nitrogens with one attached hydrogen (secondary N) is 1. The maximum absolute atomic E-state index is 11.9. The maximum Gasteiger partial charge on any atom is 0.224 e. The molecule has 0 spiro atoms. The Labute approximate surface area is 203 Å². The first-order valence-electron chi connectivity index (χ1n) is 11.8. The summed E-state index contributed by atoms with van der Waals surface area (Å²) < 4.78 is 0. The summed E-state index contributed by atoms with van der Waals surface area (Å²) in [6.07, 6.45) is 5.61. The first-order valence-corrected chi connectivity index (χ1v) is 12.2. The molecular formula is C27H36N4OS. The number of rotatable bonds is 5. The number of para-hydroxylation sites is 1. The van der Waals surface area contributed by atoms with Gasteiger partial charge in [0, 0.05) is 30.9 Å². The van der Waals surface area contributed by atoms with Crippen LogP contribution in [-0.2, 0) is 11.2 Å². The highest BCUT2D eigenvalue weighted by molar-refractivity contribution is 7.80. The minimum absolute atomic E-state index is 0.130. The molecule has 1 amide bonds. The molecule has 1 heterocycles. The molecule has 1 aliphatic carbocycles.